The lowest BCUT2D eigenvalue weighted by atomic mass is 10.2. The Labute approximate surface area is 191 Å². The summed E-state index contributed by atoms with van der Waals surface area (Å²) in [6.07, 6.45) is -1.51. The third-order valence-electron chi connectivity index (χ3n) is 4.85. The summed E-state index contributed by atoms with van der Waals surface area (Å²) < 4.78 is 10.6. The van der Waals surface area contributed by atoms with Crippen molar-refractivity contribution in [3.05, 3.63) is 0 Å². The first-order chi connectivity index (χ1) is 15.0. The third kappa shape index (κ3) is 14.8. The van der Waals surface area contributed by atoms with Crippen molar-refractivity contribution in [2.24, 2.45) is 0 Å². The minimum atomic E-state index is -1.29. The van der Waals surface area contributed by atoms with Gasteiger partial charge in [0, 0.05) is 13.1 Å². The van der Waals surface area contributed by atoms with E-state index in [-0.39, 0.29) is 38.4 Å². The fourth-order valence-electron chi connectivity index (χ4n) is 2.62. The zero-order valence-electron chi connectivity index (χ0n) is 20.3. The highest BCUT2D eigenvalue weighted by Gasteiger charge is 2.24. The number of carboxylic acid groups (broad SMARTS) is 1. The largest absolute Gasteiger partial charge is 0.480 e. The Morgan fingerprint density at radius 3 is 1.69 bits per heavy atom. The standard InChI is InChI=1S/C21H40N4O7/c1-7-22(4)13-17(26)12-21(31-19(29)15-23(5)8-2)32-20(30)16-24(6)10-11-25(9-3)14-18(27)28/h21H,7-16H2,1-6H3,(H,27,28). The van der Waals surface area contributed by atoms with Gasteiger partial charge >= 0.3 is 17.9 Å². The molecule has 0 aliphatic carbocycles. The molecule has 11 nitrogen and oxygen atoms in total. The molecule has 0 bridgehead atoms. The smallest absolute Gasteiger partial charge is 0.323 e. The van der Waals surface area contributed by atoms with E-state index in [1.807, 2.05) is 20.8 Å². The number of hydrogen-bond donors (Lipinski definition) is 1. The number of ether oxygens (including phenoxy) is 2. The van der Waals surface area contributed by atoms with Crippen molar-refractivity contribution in [3.8, 4) is 0 Å². The average Bonchev–Trinajstić information content (AvgIpc) is 2.69. The lowest BCUT2D eigenvalue weighted by molar-refractivity contribution is -0.190. The summed E-state index contributed by atoms with van der Waals surface area (Å²) in [5.74, 6) is -2.33. The Kier molecular flexibility index (Phi) is 15.5. The molecule has 1 N–H and O–H groups in total. The molecule has 0 spiro atoms. The molecule has 0 aromatic carbocycles. The molecule has 0 aromatic heterocycles. The molecule has 1 unspecified atom stereocenters. The normalized spacial score (nSPS) is 12.4. The molecule has 11 heteroatoms. The van der Waals surface area contributed by atoms with E-state index < -0.39 is 24.2 Å². The Morgan fingerprint density at radius 2 is 1.22 bits per heavy atom. The highest BCUT2D eigenvalue weighted by molar-refractivity contribution is 5.82. The third-order valence-corrected chi connectivity index (χ3v) is 4.85. The molecule has 0 aliphatic heterocycles. The van der Waals surface area contributed by atoms with Gasteiger partial charge in [-0.05, 0) is 40.8 Å². The number of aliphatic carboxylic acids is 1. The van der Waals surface area contributed by atoms with Crippen LogP contribution in [-0.2, 0) is 28.7 Å². The summed E-state index contributed by atoms with van der Waals surface area (Å²) >= 11 is 0. The molecular formula is C21H40N4O7. The molecule has 0 aromatic rings. The lowest BCUT2D eigenvalue weighted by Gasteiger charge is -2.24. The molecule has 0 heterocycles. The van der Waals surface area contributed by atoms with Crippen LogP contribution in [0.4, 0.5) is 0 Å². The molecule has 186 valence electrons. The van der Waals surface area contributed by atoms with Crippen molar-refractivity contribution in [3.63, 3.8) is 0 Å². The van der Waals surface area contributed by atoms with Crippen molar-refractivity contribution in [1.29, 1.82) is 0 Å². The zero-order chi connectivity index (χ0) is 24.7. The van der Waals surface area contributed by atoms with E-state index in [2.05, 4.69) is 0 Å². The topological polar surface area (TPSA) is 120 Å². The first kappa shape index (κ1) is 29.9. The van der Waals surface area contributed by atoms with Crippen LogP contribution in [0.1, 0.15) is 27.2 Å². The second kappa shape index (κ2) is 16.5. The van der Waals surface area contributed by atoms with Crippen LogP contribution in [0, 0.1) is 0 Å². The second-order valence-electron chi connectivity index (χ2n) is 7.81. The molecule has 0 amide bonds. The number of likely N-dealkylation sites (N-methyl/N-ethyl adjacent to an activating group) is 4. The summed E-state index contributed by atoms with van der Waals surface area (Å²) in [6.45, 7) is 8.49. The SMILES string of the molecule is CCN(C)CC(=O)CC(OC(=O)CN(C)CC)OC(=O)CN(C)CCN(CC)CC(=O)O. The zero-order valence-corrected chi connectivity index (χ0v) is 20.3. The maximum atomic E-state index is 12.4. The predicted octanol–water partition coefficient (Wildman–Crippen LogP) is -0.400. The van der Waals surface area contributed by atoms with Crippen LogP contribution >= 0.6 is 0 Å². The quantitative estimate of drug-likeness (QED) is 0.212. The fraction of sp³-hybridized carbons (Fsp3) is 0.810. The summed E-state index contributed by atoms with van der Waals surface area (Å²) in [4.78, 5) is 54.6. The molecule has 0 radical (unpaired) electrons. The first-order valence-electron chi connectivity index (χ1n) is 10.9. The van der Waals surface area contributed by atoms with Gasteiger partial charge in [0.1, 0.15) is 0 Å². The Balaban J connectivity index is 4.84. The van der Waals surface area contributed by atoms with Crippen molar-refractivity contribution >= 4 is 23.7 Å². The van der Waals surface area contributed by atoms with E-state index in [1.165, 1.54) is 0 Å². The van der Waals surface area contributed by atoms with Gasteiger partial charge in [0.25, 0.3) is 6.29 Å². The summed E-state index contributed by atoms with van der Waals surface area (Å²) in [5, 5.41) is 8.91. The van der Waals surface area contributed by atoms with Crippen LogP contribution in [0.2, 0.25) is 0 Å². The Bertz CT molecular complexity index is 577. The number of nitrogens with zero attached hydrogens (tertiary/aromatic N) is 4. The van der Waals surface area contributed by atoms with Gasteiger partial charge in [-0.3, -0.25) is 38.8 Å². The van der Waals surface area contributed by atoms with Gasteiger partial charge in [0.2, 0.25) is 0 Å². The number of rotatable bonds is 18. The number of carbonyl (C=O) groups excluding carboxylic acids is 3. The maximum Gasteiger partial charge on any atom is 0.323 e. The van der Waals surface area contributed by atoms with E-state index >= 15 is 0 Å². The van der Waals surface area contributed by atoms with Gasteiger partial charge in [-0.15, -0.1) is 0 Å². The van der Waals surface area contributed by atoms with Crippen LogP contribution < -0.4 is 0 Å². The molecule has 0 saturated heterocycles. The molecule has 32 heavy (non-hydrogen) atoms. The number of hydrogen-bond acceptors (Lipinski definition) is 10. The number of Topliss-reactive ketones (excluding diaryl/α,β-unsaturated/α-hetero) is 1. The van der Waals surface area contributed by atoms with E-state index in [1.54, 1.807) is 40.7 Å². The fourth-order valence-corrected chi connectivity index (χ4v) is 2.62. The molecule has 0 saturated carbocycles. The minimum absolute atomic E-state index is 0.0178. The number of carbonyl (C=O) groups is 4. The molecule has 0 rings (SSSR count). The summed E-state index contributed by atoms with van der Waals surface area (Å²) in [7, 11) is 5.25. The van der Waals surface area contributed by atoms with E-state index in [0.29, 0.717) is 32.7 Å². The predicted molar refractivity (Wildman–Crippen MR) is 119 cm³/mol. The Hall–Kier alpha value is -2.08. The van der Waals surface area contributed by atoms with Gasteiger partial charge in [-0.25, -0.2) is 0 Å². The Morgan fingerprint density at radius 1 is 0.719 bits per heavy atom. The van der Waals surface area contributed by atoms with Crippen LogP contribution in [0.15, 0.2) is 0 Å². The van der Waals surface area contributed by atoms with E-state index in [4.69, 9.17) is 14.6 Å². The second-order valence-corrected chi connectivity index (χ2v) is 7.81. The molecule has 1 atom stereocenters. The van der Waals surface area contributed by atoms with Crippen LogP contribution in [0.5, 0.6) is 0 Å². The van der Waals surface area contributed by atoms with Crippen molar-refractivity contribution in [2.45, 2.75) is 33.5 Å². The van der Waals surface area contributed by atoms with Crippen molar-refractivity contribution in [2.75, 3.05) is 80.0 Å². The number of ketones is 1. The monoisotopic (exact) mass is 460 g/mol. The van der Waals surface area contributed by atoms with Gasteiger partial charge in [0.15, 0.2) is 5.78 Å². The van der Waals surface area contributed by atoms with Gasteiger partial charge in [-0.2, -0.15) is 0 Å². The van der Waals surface area contributed by atoms with Gasteiger partial charge in [-0.1, -0.05) is 20.8 Å². The van der Waals surface area contributed by atoms with Crippen LogP contribution in [0.3, 0.4) is 0 Å². The van der Waals surface area contributed by atoms with Crippen molar-refractivity contribution in [1.82, 2.24) is 19.6 Å². The van der Waals surface area contributed by atoms with Crippen LogP contribution in [-0.4, -0.2) is 135 Å². The summed E-state index contributed by atoms with van der Waals surface area (Å²) in [6, 6.07) is 0. The molecule has 0 aliphatic rings. The lowest BCUT2D eigenvalue weighted by Crippen LogP contribution is -2.40. The molecular weight excluding hydrogens is 420 g/mol. The van der Waals surface area contributed by atoms with Crippen molar-refractivity contribution < 1.29 is 33.8 Å². The van der Waals surface area contributed by atoms with Gasteiger partial charge in [0.05, 0.1) is 32.6 Å². The highest BCUT2D eigenvalue weighted by Crippen LogP contribution is 2.06. The van der Waals surface area contributed by atoms with E-state index in [9.17, 15) is 19.2 Å². The first-order valence-corrected chi connectivity index (χ1v) is 10.9. The highest BCUT2D eigenvalue weighted by atomic mass is 16.7. The molecule has 0 fully saturated rings. The van der Waals surface area contributed by atoms with Crippen LogP contribution in [0.25, 0.3) is 0 Å². The average molecular weight is 461 g/mol. The number of carboxylic acids is 1. The number of esters is 2. The minimum Gasteiger partial charge on any atom is -0.480 e. The summed E-state index contributed by atoms with van der Waals surface area (Å²) in [5.41, 5.74) is 0. The van der Waals surface area contributed by atoms with Gasteiger partial charge < -0.3 is 14.6 Å². The maximum absolute atomic E-state index is 12.4. The van der Waals surface area contributed by atoms with E-state index in [0.717, 1.165) is 0 Å².